The fourth-order valence-corrected chi connectivity index (χ4v) is 2.52. The molecular formula is C20H18F3N3O. The van der Waals surface area contributed by atoms with Gasteiger partial charge in [0.2, 0.25) is 5.95 Å². The van der Waals surface area contributed by atoms with Gasteiger partial charge in [-0.2, -0.15) is 13.2 Å². The summed E-state index contributed by atoms with van der Waals surface area (Å²) in [6.45, 7) is 0.647. The van der Waals surface area contributed by atoms with E-state index in [-0.39, 0.29) is 12.6 Å². The van der Waals surface area contributed by atoms with Crippen LogP contribution in [0.3, 0.4) is 0 Å². The van der Waals surface area contributed by atoms with Gasteiger partial charge in [-0.15, -0.1) is 0 Å². The van der Waals surface area contributed by atoms with Crippen LogP contribution in [0.2, 0.25) is 0 Å². The molecule has 0 aliphatic rings. The van der Waals surface area contributed by atoms with Crippen molar-refractivity contribution in [2.24, 2.45) is 0 Å². The molecule has 3 aromatic rings. The van der Waals surface area contributed by atoms with Crippen molar-refractivity contribution >= 4 is 5.95 Å². The number of rotatable bonds is 7. The minimum Gasteiger partial charge on any atom is -0.374 e. The average Bonchev–Trinajstić information content (AvgIpc) is 2.68. The first kappa shape index (κ1) is 18.8. The van der Waals surface area contributed by atoms with E-state index in [1.54, 1.807) is 0 Å². The lowest BCUT2D eigenvalue weighted by Crippen LogP contribution is -2.20. The summed E-state index contributed by atoms with van der Waals surface area (Å²) in [5.41, 5.74) is 0.892. The van der Waals surface area contributed by atoms with Gasteiger partial charge in [-0.25, -0.2) is 9.97 Å². The normalized spacial score (nSPS) is 12.6. The van der Waals surface area contributed by atoms with Gasteiger partial charge in [0, 0.05) is 6.20 Å². The number of alkyl halides is 3. The Labute approximate surface area is 155 Å². The van der Waals surface area contributed by atoms with Crippen LogP contribution in [0.5, 0.6) is 0 Å². The molecule has 0 amide bonds. The molecule has 27 heavy (non-hydrogen) atoms. The Bertz CT molecular complexity index is 842. The molecule has 0 saturated heterocycles. The summed E-state index contributed by atoms with van der Waals surface area (Å²) in [5.74, 6) is -0.0954. The maximum absolute atomic E-state index is 12.9. The zero-order chi connectivity index (χ0) is 19.1. The number of nitrogens with zero attached hydrogens (tertiary/aromatic N) is 2. The summed E-state index contributed by atoms with van der Waals surface area (Å²) in [6, 6.07) is 19.4. The Balaban J connectivity index is 1.73. The van der Waals surface area contributed by atoms with Gasteiger partial charge < -0.3 is 10.1 Å². The molecule has 1 unspecified atom stereocenters. The maximum atomic E-state index is 12.9. The fourth-order valence-electron chi connectivity index (χ4n) is 2.52. The lowest BCUT2D eigenvalue weighted by molar-refractivity contribution is -0.141. The van der Waals surface area contributed by atoms with Crippen molar-refractivity contribution in [3.05, 3.63) is 89.7 Å². The SMILES string of the molecule is FC(F)(F)c1ccnc(NC(COCc2ccccc2)c2ccccc2)n1. The standard InChI is InChI=1S/C20H18F3N3O/c21-20(22,23)18-11-12-24-19(26-18)25-17(16-9-5-2-6-10-16)14-27-13-15-7-3-1-4-8-15/h1-12,17H,13-14H2,(H,24,25,26). The van der Waals surface area contributed by atoms with Gasteiger partial charge in [0.15, 0.2) is 0 Å². The summed E-state index contributed by atoms with van der Waals surface area (Å²) in [4.78, 5) is 7.48. The number of nitrogens with one attached hydrogen (secondary N) is 1. The van der Waals surface area contributed by atoms with Crippen molar-refractivity contribution in [2.45, 2.75) is 18.8 Å². The summed E-state index contributed by atoms with van der Waals surface area (Å²) in [6.07, 6.45) is -3.43. The maximum Gasteiger partial charge on any atom is 0.433 e. The fraction of sp³-hybridized carbons (Fsp3) is 0.200. The summed E-state index contributed by atoms with van der Waals surface area (Å²) in [5, 5.41) is 2.95. The molecule has 140 valence electrons. The second-order valence-electron chi connectivity index (χ2n) is 5.87. The summed E-state index contributed by atoms with van der Waals surface area (Å²) < 4.78 is 44.4. The van der Waals surface area contributed by atoms with Crippen molar-refractivity contribution in [1.82, 2.24) is 9.97 Å². The van der Waals surface area contributed by atoms with E-state index in [0.29, 0.717) is 6.61 Å². The molecule has 0 bridgehead atoms. The highest BCUT2D eigenvalue weighted by atomic mass is 19.4. The highest BCUT2D eigenvalue weighted by Crippen LogP contribution is 2.28. The zero-order valence-corrected chi connectivity index (χ0v) is 14.4. The van der Waals surface area contributed by atoms with Gasteiger partial charge in [-0.1, -0.05) is 60.7 Å². The van der Waals surface area contributed by atoms with E-state index >= 15 is 0 Å². The molecule has 0 fully saturated rings. The Morgan fingerprint density at radius 2 is 1.59 bits per heavy atom. The van der Waals surface area contributed by atoms with Crippen LogP contribution >= 0.6 is 0 Å². The smallest absolute Gasteiger partial charge is 0.374 e. The van der Waals surface area contributed by atoms with Crippen LogP contribution in [-0.2, 0) is 17.5 Å². The average molecular weight is 373 g/mol. The Kier molecular flexibility index (Phi) is 6.03. The van der Waals surface area contributed by atoms with Crippen LogP contribution in [0.25, 0.3) is 0 Å². The van der Waals surface area contributed by atoms with Gasteiger partial charge >= 0.3 is 6.18 Å². The number of hydrogen-bond acceptors (Lipinski definition) is 4. The number of benzene rings is 2. The third-order valence-electron chi connectivity index (χ3n) is 3.85. The topological polar surface area (TPSA) is 47.0 Å². The van der Waals surface area contributed by atoms with Crippen LogP contribution < -0.4 is 5.32 Å². The van der Waals surface area contributed by atoms with Crippen molar-refractivity contribution in [3.8, 4) is 0 Å². The largest absolute Gasteiger partial charge is 0.433 e. The van der Waals surface area contributed by atoms with Crippen molar-refractivity contribution in [1.29, 1.82) is 0 Å². The molecule has 0 spiro atoms. The second kappa shape index (κ2) is 8.64. The van der Waals surface area contributed by atoms with Gasteiger partial charge in [0.1, 0.15) is 5.69 Å². The third-order valence-corrected chi connectivity index (χ3v) is 3.85. The molecule has 0 aliphatic heterocycles. The quantitative estimate of drug-likeness (QED) is 0.642. The van der Waals surface area contributed by atoms with Crippen LogP contribution in [-0.4, -0.2) is 16.6 Å². The number of halogens is 3. The zero-order valence-electron chi connectivity index (χ0n) is 14.4. The molecule has 1 atom stereocenters. The van der Waals surface area contributed by atoms with E-state index in [1.807, 2.05) is 60.7 Å². The van der Waals surface area contributed by atoms with Crippen LogP contribution in [0.15, 0.2) is 72.9 Å². The summed E-state index contributed by atoms with van der Waals surface area (Å²) >= 11 is 0. The van der Waals surface area contributed by atoms with Gasteiger partial charge in [-0.3, -0.25) is 0 Å². The molecular weight excluding hydrogens is 355 g/mol. The third kappa shape index (κ3) is 5.52. The molecule has 1 heterocycles. The molecule has 7 heteroatoms. The molecule has 4 nitrogen and oxygen atoms in total. The predicted molar refractivity (Wildman–Crippen MR) is 95.9 cm³/mol. The van der Waals surface area contributed by atoms with Crippen LogP contribution in [0, 0.1) is 0 Å². The van der Waals surface area contributed by atoms with Gasteiger partial charge in [0.05, 0.1) is 19.3 Å². The van der Waals surface area contributed by atoms with Crippen LogP contribution in [0.1, 0.15) is 22.9 Å². The summed E-state index contributed by atoms with van der Waals surface area (Å²) in [7, 11) is 0. The Morgan fingerprint density at radius 1 is 0.926 bits per heavy atom. The minimum absolute atomic E-state index is 0.0954. The molecule has 3 rings (SSSR count). The molecule has 1 N–H and O–H groups in total. The first-order valence-corrected chi connectivity index (χ1v) is 8.36. The van der Waals surface area contributed by atoms with Crippen molar-refractivity contribution in [3.63, 3.8) is 0 Å². The first-order valence-electron chi connectivity index (χ1n) is 8.36. The van der Waals surface area contributed by atoms with Crippen LogP contribution in [0.4, 0.5) is 19.1 Å². The number of hydrogen-bond donors (Lipinski definition) is 1. The predicted octanol–water partition coefficient (Wildman–Crippen LogP) is 4.87. The molecule has 2 aromatic carbocycles. The van der Waals surface area contributed by atoms with Crippen molar-refractivity contribution in [2.75, 3.05) is 11.9 Å². The van der Waals surface area contributed by atoms with E-state index in [2.05, 4.69) is 15.3 Å². The molecule has 0 radical (unpaired) electrons. The minimum atomic E-state index is -4.52. The van der Waals surface area contributed by atoms with Gasteiger partial charge in [-0.05, 0) is 17.2 Å². The number of anilines is 1. The molecule has 0 saturated carbocycles. The number of aromatic nitrogens is 2. The highest BCUT2D eigenvalue weighted by Gasteiger charge is 2.33. The van der Waals surface area contributed by atoms with E-state index < -0.39 is 17.9 Å². The lowest BCUT2D eigenvalue weighted by atomic mass is 10.1. The van der Waals surface area contributed by atoms with E-state index in [1.165, 1.54) is 0 Å². The first-order chi connectivity index (χ1) is 13.0. The van der Waals surface area contributed by atoms with Gasteiger partial charge in [0.25, 0.3) is 0 Å². The van der Waals surface area contributed by atoms with E-state index in [4.69, 9.17) is 4.74 Å². The second-order valence-corrected chi connectivity index (χ2v) is 5.87. The van der Waals surface area contributed by atoms with E-state index in [0.717, 1.165) is 23.4 Å². The van der Waals surface area contributed by atoms with E-state index in [9.17, 15) is 13.2 Å². The monoisotopic (exact) mass is 373 g/mol. The Morgan fingerprint density at radius 3 is 2.26 bits per heavy atom. The lowest BCUT2D eigenvalue weighted by Gasteiger charge is -2.20. The highest BCUT2D eigenvalue weighted by molar-refractivity contribution is 5.33. The molecule has 0 aliphatic carbocycles. The number of ether oxygens (including phenoxy) is 1. The molecule has 1 aromatic heterocycles. The van der Waals surface area contributed by atoms with Crippen molar-refractivity contribution < 1.29 is 17.9 Å². The Hall–Kier alpha value is -2.93.